The molecule has 0 spiro atoms. The molecular weight excluding hydrogens is 308 g/mol. The van der Waals surface area contributed by atoms with Crippen molar-refractivity contribution in [3.05, 3.63) is 35.9 Å². The Labute approximate surface area is 143 Å². The molecule has 5 heteroatoms. The Hall–Kier alpha value is -1.49. The molecule has 2 atom stereocenters. The van der Waals surface area contributed by atoms with E-state index in [1.54, 1.807) is 11.8 Å². The van der Waals surface area contributed by atoms with Gasteiger partial charge < -0.3 is 10.2 Å². The maximum Gasteiger partial charge on any atom is 0.232 e. The van der Waals surface area contributed by atoms with Crippen molar-refractivity contribution in [2.24, 2.45) is 0 Å². The molecule has 0 radical (unpaired) electrons. The van der Waals surface area contributed by atoms with E-state index in [9.17, 15) is 9.59 Å². The molecule has 2 amide bonds. The molecule has 0 aromatic heterocycles. The quantitative estimate of drug-likeness (QED) is 0.870. The number of benzene rings is 1. The minimum atomic E-state index is -0.0182. The maximum absolute atomic E-state index is 12.3. The van der Waals surface area contributed by atoms with Gasteiger partial charge in [-0.05, 0) is 24.3 Å². The van der Waals surface area contributed by atoms with Gasteiger partial charge in [-0.2, -0.15) is 11.8 Å². The van der Waals surface area contributed by atoms with Gasteiger partial charge in [0.1, 0.15) is 0 Å². The van der Waals surface area contributed by atoms with Crippen molar-refractivity contribution < 1.29 is 9.59 Å². The molecule has 1 N–H and O–H groups in total. The molecule has 126 valence electrons. The summed E-state index contributed by atoms with van der Waals surface area (Å²) in [7, 11) is 0. The molecule has 1 saturated heterocycles. The smallest absolute Gasteiger partial charge is 0.232 e. The van der Waals surface area contributed by atoms with Crippen LogP contribution in [0.25, 0.3) is 0 Å². The normalized spacial score (nSPS) is 19.2. The number of likely N-dealkylation sites (tertiary alicyclic amines) is 1. The van der Waals surface area contributed by atoms with Crippen molar-refractivity contribution in [2.75, 3.05) is 24.6 Å². The zero-order chi connectivity index (χ0) is 16.7. The second-order valence-electron chi connectivity index (χ2n) is 6.21. The highest BCUT2D eigenvalue weighted by molar-refractivity contribution is 7.99. The summed E-state index contributed by atoms with van der Waals surface area (Å²) in [4.78, 5) is 25.4. The fourth-order valence-corrected chi connectivity index (χ4v) is 3.92. The van der Waals surface area contributed by atoms with Crippen LogP contribution in [0.4, 0.5) is 0 Å². The van der Waals surface area contributed by atoms with E-state index in [-0.39, 0.29) is 17.9 Å². The van der Waals surface area contributed by atoms with Crippen LogP contribution in [0, 0.1) is 0 Å². The summed E-state index contributed by atoms with van der Waals surface area (Å²) in [6.45, 7) is 5.18. The predicted molar refractivity (Wildman–Crippen MR) is 95.6 cm³/mol. The van der Waals surface area contributed by atoms with Crippen LogP contribution in [0.5, 0.6) is 0 Å². The van der Waals surface area contributed by atoms with Crippen molar-refractivity contribution in [1.29, 1.82) is 0 Å². The monoisotopic (exact) mass is 334 g/mol. The summed E-state index contributed by atoms with van der Waals surface area (Å²) in [6, 6.07) is 10.5. The average molecular weight is 334 g/mol. The standard InChI is InChI=1S/C18H26N2O2S/c1-14(16-7-4-3-5-8-16)12-23-13-18(22)20-10-6-9-17(11-20)19-15(2)21/h3-5,7-8,14,17H,6,9-13H2,1-2H3,(H,19,21)/t14-,17+/m0/s1. The van der Waals surface area contributed by atoms with Crippen LogP contribution >= 0.6 is 11.8 Å². The van der Waals surface area contributed by atoms with E-state index < -0.39 is 0 Å². The van der Waals surface area contributed by atoms with Crippen LogP contribution < -0.4 is 5.32 Å². The number of rotatable bonds is 6. The van der Waals surface area contributed by atoms with Crippen LogP contribution in [0.2, 0.25) is 0 Å². The Morgan fingerprint density at radius 2 is 2.09 bits per heavy atom. The second-order valence-corrected chi connectivity index (χ2v) is 7.24. The summed E-state index contributed by atoms with van der Waals surface area (Å²) in [6.07, 6.45) is 1.92. The van der Waals surface area contributed by atoms with Gasteiger partial charge in [-0.15, -0.1) is 0 Å². The third-order valence-corrected chi connectivity index (χ3v) is 5.33. The van der Waals surface area contributed by atoms with Gasteiger partial charge in [0.25, 0.3) is 0 Å². The minimum absolute atomic E-state index is 0.0182. The Morgan fingerprint density at radius 1 is 1.35 bits per heavy atom. The maximum atomic E-state index is 12.3. The number of hydrogen-bond acceptors (Lipinski definition) is 3. The van der Waals surface area contributed by atoms with Crippen molar-refractivity contribution in [3.8, 4) is 0 Å². The minimum Gasteiger partial charge on any atom is -0.352 e. The summed E-state index contributed by atoms with van der Waals surface area (Å²) in [5.41, 5.74) is 1.32. The number of carbonyl (C=O) groups excluding carboxylic acids is 2. The van der Waals surface area contributed by atoms with Crippen LogP contribution in [0.3, 0.4) is 0 Å². The Morgan fingerprint density at radius 3 is 2.78 bits per heavy atom. The van der Waals surface area contributed by atoms with Gasteiger partial charge in [0.2, 0.25) is 11.8 Å². The average Bonchev–Trinajstić information content (AvgIpc) is 2.55. The van der Waals surface area contributed by atoms with Gasteiger partial charge in [0, 0.05) is 31.8 Å². The lowest BCUT2D eigenvalue weighted by atomic mass is 10.0. The van der Waals surface area contributed by atoms with E-state index in [0.717, 1.165) is 25.1 Å². The Balaban J connectivity index is 1.73. The molecule has 2 rings (SSSR count). The number of piperidine rings is 1. The molecule has 4 nitrogen and oxygen atoms in total. The van der Waals surface area contributed by atoms with Gasteiger partial charge in [0.15, 0.2) is 0 Å². The lowest BCUT2D eigenvalue weighted by Crippen LogP contribution is -2.49. The van der Waals surface area contributed by atoms with Crippen LogP contribution in [0.15, 0.2) is 30.3 Å². The zero-order valence-corrected chi connectivity index (χ0v) is 14.8. The first kappa shape index (κ1) is 17.9. The third kappa shape index (κ3) is 5.90. The number of carbonyl (C=O) groups is 2. The SMILES string of the molecule is CC(=O)N[C@@H]1CCCN(C(=O)CSC[C@H](C)c2ccccc2)C1. The van der Waals surface area contributed by atoms with Crippen molar-refractivity contribution in [2.45, 2.75) is 38.6 Å². The summed E-state index contributed by atoms with van der Waals surface area (Å²) in [5, 5.41) is 2.92. The zero-order valence-electron chi connectivity index (χ0n) is 14.0. The summed E-state index contributed by atoms with van der Waals surface area (Å²) < 4.78 is 0. The Kier molecular flexibility index (Phi) is 6.96. The van der Waals surface area contributed by atoms with E-state index in [2.05, 4.69) is 36.5 Å². The third-order valence-electron chi connectivity index (χ3n) is 4.14. The molecule has 1 aromatic rings. The molecule has 23 heavy (non-hydrogen) atoms. The van der Waals surface area contributed by atoms with E-state index in [4.69, 9.17) is 0 Å². The molecule has 0 unspecified atom stereocenters. The molecule has 0 bridgehead atoms. The summed E-state index contributed by atoms with van der Waals surface area (Å²) >= 11 is 1.69. The van der Waals surface area contributed by atoms with E-state index in [1.807, 2.05) is 11.0 Å². The molecule has 1 aliphatic rings. The van der Waals surface area contributed by atoms with Gasteiger partial charge >= 0.3 is 0 Å². The molecule has 1 aliphatic heterocycles. The topological polar surface area (TPSA) is 49.4 Å². The fraction of sp³-hybridized carbons (Fsp3) is 0.556. The molecule has 1 fully saturated rings. The molecule has 0 aliphatic carbocycles. The van der Waals surface area contributed by atoms with Gasteiger partial charge in [-0.1, -0.05) is 37.3 Å². The largest absolute Gasteiger partial charge is 0.352 e. The van der Waals surface area contributed by atoms with Crippen LogP contribution in [-0.2, 0) is 9.59 Å². The van der Waals surface area contributed by atoms with Crippen molar-refractivity contribution in [1.82, 2.24) is 10.2 Å². The highest BCUT2D eigenvalue weighted by Crippen LogP contribution is 2.20. The van der Waals surface area contributed by atoms with E-state index >= 15 is 0 Å². The molecule has 1 heterocycles. The van der Waals surface area contributed by atoms with Crippen LogP contribution in [0.1, 0.15) is 38.2 Å². The fourth-order valence-electron chi connectivity index (χ4n) is 2.90. The van der Waals surface area contributed by atoms with Gasteiger partial charge in [0.05, 0.1) is 5.75 Å². The van der Waals surface area contributed by atoms with E-state index in [1.165, 1.54) is 12.5 Å². The number of thioether (sulfide) groups is 1. The first-order valence-corrected chi connectivity index (χ1v) is 9.39. The van der Waals surface area contributed by atoms with Gasteiger partial charge in [-0.3, -0.25) is 9.59 Å². The predicted octanol–water partition coefficient (Wildman–Crippen LogP) is 2.65. The second kappa shape index (κ2) is 8.96. The first-order valence-electron chi connectivity index (χ1n) is 8.24. The first-order chi connectivity index (χ1) is 11.1. The lowest BCUT2D eigenvalue weighted by Gasteiger charge is -2.33. The molecule has 0 saturated carbocycles. The number of amides is 2. The molecule has 1 aromatic carbocycles. The Bertz CT molecular complexity index is 521. The van der Waals surface area contributed by atoms with E-state index in [0.29, 0.717) is 18.2 Å². The lowest BCUT2D eigenvalue weighted by molar-refractivity contribution is -0.130. The highest BCUT2D eigenvalue weighted by atomic mass is 32.2. The number of nitrogens with one attached hydrogen (secondary N) is 1. The number of nitrogens with zero attached hydrogens (tertiary/aromatic N) is 1. The highest BCUT2D eigenvalue weighted by Gasteiger charge is 2.23. The molecular formula is C18H26N2O2S. The van der Waals surface area contributed by atoms with Crippen molar-refractivity contribution >= 4 is 23.6 Å². The van der Waals surface area contributed by atoms with Crippen LogP contribution in [-0.4, -0.2) is 47.4 Å². The summed E-state index contributed by atoms with van der Waals surface area (Å²) in [5.74, 6) is 2.08. The van der Waals surface area contributed by atoms with Gasteiger partial charge in [-0.25, -0.2) is 0 Å². The van der Waals surface area contributed by atoms with Crippen molar-refractivity contribution in [3.63, 3.8) is 0 Å². The number of hydrogen-bond donors (Lipinski definition) is 1.